The molecule has 0 amide bonds. The molecule has 68 valence electrons. The zero-order chi connectivity index (χ0) is 9.52. The van der Waals surface area contributed by atoms with Gasteiger partial charge in [0, 0.05) is 11.0 Å². The number of nitrogens with one attached hydrogen (secondary N) is 1. The maximum Gasteiger partial charge on any atom is 0.0578 e. The van der Waals surface area contributed by atoms with E-state index in [4.69, 9.17) is 0 Å². The van der Waals surface area contributed by atoms with Crippen LogP contribution in [0.5, 0.6) is 0 Å². The van der Waals surface area contributed by atoms with Crippen LogP contribution in [0.3, 0.4) is 0 Å². The van der Waals surface area contributed by atoms with Gasteiger partial charge in [-0.15, -0.1) is 5.92 Å². The minimum absolute atomic E-state index is 0.753. The highest BCUT2D eigenvalue weighted by Gasteiger charge is 1.91. The highest BCUT2D eigenvalue weighted by molar-refractivity contribution is 9.10. The molecule has 0 bridgehead atoms. The number of halogens is 1. The summed E-state index contributed by atoms with van der Waals surface area (Å²) in [6.07, 6.45) is 0. The van der Waals surface area contributed by atoms with E-state index in [9.17, 15) is 0 Å². The summed E-state index contributed by atoms with van der Waals surface area (Å²) in [5, 5.41) is 3.24. The molecule has 0 aliphatic carbocycles. The first-order valence-electron chi connectivity index (χ1n) is 4.17. The molecule has 0 heterocycles. The number of hydrogen-bond acceptors (Lipinski definition) is 1. The SMILES string of the molecule is CC#CCNCc1cccc(Br)c1. The van der Waals surface area contributed by atoms with Crippen molar-refractivity contribution in [2.24, 2.45) is 0 Å². The van der Waals surface area contributed by atoms with Gasteiger partial charge in [-0.2, -0.15) is 0 Å². The molecule has 0 fully saturated rings. The molecule has 0 radical (unpaired) electrons. The first-order valence-corrected chi connectivity index (χ1v) is 4.97. The second-order valence-corrected chi connectivity index (χ2v) is 3.58. The lowest BCUT2D eigenvalue weighted by molar-refractivity contribution is 0.769. The fourth-order valence-electron chi connectivity index (χ4n) is 1.00. The summed E-state index contributed by atoms with van der Waals surface area (Å²) in [6.45, 7) is 3.47. The Kier molecular flexibility index (Phi) is 4.59. The van der Waals surface area contributed by atoms with E-state index in [-0.39, 0.29) is 0 Å². The van der Waals surface area contributed by atoms with Crippen molar-refractivity contribution in [2.45, 2.75) is 13.5 Å². The average Bonchev–Trinajstić information content (AvgIpc) is 2.13. The Morgan fingerprint density at radius 3 is 3.00 bits per heavy atom. The minimum Gasteiger partial charge on any atom is -0.302 e. The van der Waals surface area contributed by atoms with Gasteiger partial charge in [0.1, 0.15) is 0 Å². The standard InChI is InChI=1S/C11H12BrN/c1-2-3-7-13-9-10-5-4-6-11(12)8-10/h4-6,8,13H,7,9H2,1H3. The summed E-state index contributed by atoms with van der Waals surface area (Å²) in [5.74, 6) is 5.80. The second-order valence-electron chi connectivity index (χ2n) is 2.66. The quantitative estimate of drug-likeness (QED) is 0.630. The van der Waals surface area contributed by atoms with E-state index < -0.39 is 0 Å². The Bertz CT molecular complexity index is 322. The van der Waals surface area contributed by atoms with Crippen LogP contribution in [-0.2, 0) is 6.54 Å². The molecule has 0 spiro atoms. The largest absolute Gasteiger partial charge is 0.302 e. The highest BCUT2D eigenvalue weighted by atomic mass is 79.9. The van der Waals surface area contributed by atoms with Gasteiger partial charge >= 0.3 is 0 Å². The van der Waals surface area contributed by atoms with Crippen molar-refractivity contribution in [3.05, 3.63) is 34.3 Å². The Morgan fingerprint density at radius 2 is 2.31 bits per heavy atom. The number of benzene rings is 1. The van der Waals surface area contributed by atoms with Gasteiger partial charge in [-0.3, -0.25) is 0 Å². The lowest BCUT2D eigenvalue weighted by atomic mass is 10.2. The van der Waals surface area contributed by atoms with Crippen molar-refractivity contribution in [2.75, 3.05) is 6.54 Å². The van der Waals surface area contributed by atoms with Crippen molar-refractivity contribution in [1.29, 1.82) is 0 Å². The van der Waals surface area contributed by atoms with Crippen LogP contribution in [0.1, 0.15) is 12.5 Å². The summed E-state index contributed by atoms with van der Waals surface area (Å²) in [5.41, 5.74) is 1.27. The van der Waals surface area contributed by atoms with Crippen LogP contribution >= 0.6 is 15.9 Å². The molecule has 1 aromatic rings. The molecule has 1 aromatic carbocycles. The summed E-state index contributed by atoms with van der Waals surface area (Å²) in [7, 11) is 0. The molecule has 1 N–H and O–H groups in total. The summed E-state index contributed by atoms with van der Waals surface area (Å²) < 4.78 is 1.12. The third kappa shape index (κ3) is 4.12. The number of hydrogen-bond donors (Lipinski definition) is 1. The zero-order valence-corrected chi connectivity index (χ0v) is 9.19. The third-order valence-corrected chi connectivity index (χ3v) is 2.10. The Hall–Kier alpha value is -0.780. The van der Waals surface area contributed by atoms with Crippen LogP contribution in [-0.4, -0.2) is 6.54 Å². The second kappa shape index (κ2) is 5.80. The Labute approximate surface area is 87.7 Å². The summed E-state index contributed by atoms with van der Waals surface area (Å²) >= 11 is 3.43. The maximum absolute atomic E-state index is 3.43. The topological polar surface area (TPSA) is 12.0 Å². The van der Waals surface area contributed by atoms with E-state index in [2.05, 4.69) is 45.2 Å². The third-order valence-electron chi connectivity index (χ3n) is 1.61. The van der Waals surface area contributed by atoms with Crippen molar-refractivity contribution in [1.82, 2.24) is 5.32 Å². The minimum atomic E-state index is 0.753. The van der Waals surface area contributed by atoms with Crippen LogP contribution in [0.4, 0.5) is 0 Å². The van der Waals surface area contributed by atoms with Crippen molar-refractivity contribution in [3.63, 3.8) is 0 Å². The molecular formula is C11H12BrN. The maximum atomic E-state index is 3.43. The van der Waals surface area contributed by atoms with Crippen LogP contribution in [0.25, 0.3) is 0 Å². The highest BCUT2D eigenvalue weighted by Crippen LogP contribution is 2.10. The molecule has 0 aliphatic heterocycles. The van der Waals surface area contributed by atoms with Gasteiger partial charge in [0.15, 0.2) is 0 Å². The van der Waals surface area contributed by atoms with Gasteiger partial charge in [0.05, 0.1) is 6.54 Å². The van der Waals surface area contributed by atoms with E-state index in [1.807, 2.05) is 19.1 Å². The van der Waals surface area contributed by atoms with E-state index >= 15 is 0 Å². The van der Waals surface area contributed by atoms with E-state index in [0.29, 0.717) is 0 Å². The van der Waals surface area contributed by atoms with Gasteiger partial charge < -0.3 is 5.32 Å². The Balaban J connectivity index is 2.39. The predicted molar refractivity (Wildman–Crippen MR) is 59.3 cm³/mol. The molecule has 0 saturated heterocycles. The molecule has 0 aliphatic rings. The summed E-state index contributed by atoms with van der Waals surface area (Å²) in [6, 6.07) is 8.26. The van der Waals surface area contributed by atoms with Gasteiger partial charge in [-0.1, -0.05) is 34.0 Å². The lowest BCUT2D eigenvalue weighted by Crippen LogP contribution is -2.12. The van der Waals surface area contributed by atoms with E-state index in [0.717, 1.165) is 17.6 Å². The molecule has 0 unspecified atom stereocenters. The van der Waals surface area contributed by atoms with Gasteiger partial charge in [0.2, 0.25) is 0 Å². The molecule has 13 heavy (non-hydrogen) atoms. The zero-order valence-electron chi connectivity index (χ0n) is 7.60. The molecule has 0 atom stereocenters. The molecular weight excluding hydrogens is 226 g/mol. The smallest absolute Gasteiger partial charge is 0.0578 e. The molecule has 0 saturated carbocycles. The van der Waals surface area contributed by atoms with Crippen LogP contribution < -0.4 is 5.32 Å². The van der Waals surface area contributed by atoms with Crippen LogP contribution in [0.15, 0.2) is 28.7 Å². The van der Waals surface area contributed by atoms with Crippen LogP contribution in [0.2, 0.25) is 0 Å². The molecule has 1 nitrogen and oxygen atoms in total. The monoisotopic (exact) mass is 237 g/mol. The molecule has 0 aromatic heterocycles. The molecule has 1 rings (SSSR count). The normalized spacial score (nSPS) is 9.08. The Morgan fingerprint density at radius 1 is 1.46 bits per heavy atom. The van der Waals surface area contributed by atoms with Crippen molar-refractivity contribution < 1.29 is 0 Å². The van der Waals surface area contributed by atoms with E-state index in [1.165, 1.54) is 5.56 Å². The van der Waals surface area contributed by atoms with Gasteiger partial charge in [0.25, 0.3) is 0 Å². The predicted octanol–water partition coefficient (Wildman–Crippen LogP) is 2.56. The number of rotatable bonds is 3. The first-order chi connectivity index (χ1) is 6.33. The molecule has 2 heteroatoms. The van der Waals surface area contributed by atoms with Gasteiger partial charge in [-0.05, 0) is 24.6 Å². The first kappa shape index (κ1) is 10.3. The average molecular weight is 238 g/mol. The van der Waals surface area contributed by atoms with Crippen molar-refractivity contribution >= 4 is 15.9 Å². The van der Waals surface area contributed by atoms with E-state index in [1.54, 1.807) is 0 Å². The van der Waals surface area contributed by atoms with Crippen LogP contribution in [0, 0.1) is 11.8 Å². The summed E-state index contributed by atoms with van der Waals surface area (Å²) in [4.78, 5) is 0. The lowest BCUT2D eigenvalue weighted by Gasteiger charge is -2.01. The fourth-order valence-corrected chi connectivity index (χ4v) is 1.45. The fraction of sp³-hybridized carbons (Fsp3) is 0.273. The van der Waals surface area contributed by atoms with Gasteiger partial charge in [-0.25, -0.2) is 0 Å². The van der Waals surface area contributed by atoms with Crippen molar-refractivity contribution in [3.8, 4) is 11.8 Å².